The maximum atomic E-state index is 12.2. The zero-order valence-corrected chi connectivity index (χ0v) is 16.2. The van der Waals surface area contributed by atoms with Gasteiger partial charge in [-0.15, -0.1) is 0 Å². The topological polar surface area (TPSA) is 77.1 Å². The number of likely N-dealkylation sites (tertiary alicyclic amines) is 1. The fraction of sp³-hybridized carbons (Fsp3) is 0.600. The third-order valence-electron chi connectivity index (χ3n) is 5.29. The van der Waals surface area contributed by atoms with Crippen LogP contribution in [0.2, 0.25) is 0 Å². The highest BCUT2D eigenvalue weighted by Gasteiger charge is 2.25. The van der Waals surface area contributed by atoms with Crippen molar-refractivity contribution >= 4 is 17.7 Å². The lowest BCUT2D eigenvalue weighted by Gasteiger charge is -2.31. The van der Waals surface area contributed by atoms with Crippen LogP contribution in [0.5, 0.6) is 5.75 Å². The Kier molecular flexibility index (Phi) is 6.21. The van der Waals surface area contributed by atoms with Crippen LogP contribution in [0.3, 0.4) is 0 Å². The van der Waals surface area contributed by atoms with E-state index in [9.17, 15) is 9.59 Å². The zero-order chi connectivity index (χ0) is 19.4. The van der Waals surface area contributed by atoms with Crippen LogP contribution in [0, 0.1) is 6.92 Å². The molecule has 1 aromatic rings. The SMILES string of the molecule is CCC1CC(Nc2cc(OC(=O)N3CCC3)cc(C(=O)OC)c2C)CCO1. The van der Waals surface area contributed by atoms with Gasteiger partial charge >= 0.3 is 12.1 Å². The molecule has 0 bridgehead atoms. The first-order valence-corrected chi connectivity index (χ1v) is 9.59. The molecule has 0 spiro atoms. The number of nitrogens with zero attached hydrogens (tertiary/aromatic N) is 1. The Balaban J connectivity index is 1.82. The number of rotatable bonds is 5. The van der Waals surface area contributed by atoms with Crippen molar-refractivity contribution in [1.82, 2.24) is 4.90 Å². The predicted molar refractivity (Wildman–Crippen MR) is 101 cm³/mol. The van der Waals surface area contributed by atoms with E-state index in [1.54, 1.807) is 17.0 Å². The van der Waals surface area contributed by atoms with Crippen molar-refractivity contribution in [2.45, 2.75) is 51.7 Å². The summed E-state index contributed by atoms with van der Waals surface area (Å²) >= 11 is 0. The Morgan fingerprint density at radius 3 is 2.74 bits per heavy atom. The number of esters is 1. The second kappa shape index (κ2) is 8.61. The lowest BCUT2D eigenvalue weighted by atomic mass is 9.99. The average molecular weight is 376 g/mol. The summed E-state index contributed by atoms with van der Waals surface area (Å²) in [5.74, 6) is -0.102. The number of nitrogens with one attached hydrogen (secondary N) is 1. The van der Waals surface area contributed by atoms with Gasteiger partial charge in [0.15, 0.2) is 0 Å². The average Bonchev–Trinajstić information content (AvgIpc) is 2.62. The molecule has 0 radical (unpaired) electrons. The molecular formula is C20H28N2O5. The van der Waals surface area contributed by atoms with Crippen LogP contribution < -0.4 is 10.1 Å². The number of benzene rings is 1. The zero-order valence-electron chi connectivity index (χ0n) is 16.2. The third-order valence-corrected chi connectivity index (χ3v) is 5.29. The highest BCUT2D eigenvalue weighted by atomic mass is 16.6. The third kappa shape index (κ3) is 4.53. The number of anilines is 1. The molecule has 27 heavy (non-hydrogen) atoms. The molecule has 2 heterocycles. The first-order valence-electron chi connectivity index (χ1n) is 9.59. The maximum Gasteiger partial charge on any atom is 0.415 e. The Labute approximate surface area is 160 Å². The Bertz CT molecular complexity index is 702. The van der Waals surface area contributed by atoms with E-state index in [4.69, 9.17) is 14.2 Å². The highest BCUT2D eigenvalue weighted by molar-refractivity contribution is 5.93. The molecule has 7 heteroatoms. The minimum Gasteiger partial charge on any atom is -0.465 e. The summed E-state index contributed by atoms with van der Waals surface area (Å²) in [6.07, 6.45) is 3.61. The van der Waals surface area contributed by atoms with Crippen molar-refractivity contribution < 1.29 is 23.8 Å². The number of amides is 1. The van der Waals surface area contributed by atoms with Gasteiger partial charge in [-0.1, -0.05) is 6.92 Å². The first-order chi connectivity index (χ1) is 13.0. The summed E-state index contributed by atoms with van der Waals surface area (Å²) < 4.78 is 16.1. The molecule has 2 unspecified atom stereocenters. The van der Waals surface area contributed by atoms with E-state index < -0.39 is 5.97 Å². The van der Waals surface area contributed by atoms with E-state index in [0.717, 1.165) is 36.9 Å². The van der Waals surface area contributed by atoms with E-state index in [1.165, 1.54) is 7.11 Å². The largest absolute Gasteiger partial charge is 0.465 e. The number of carbonyl (C=O) groups is 2. The van der Waals surface area contributed by atoms with Crippen molar-refractivity contribution in [2.75, 3.05) is 32.1 Å². The summed E-state index contributed by atoms with van der Waals surface area (Å²) in [5, 5.41) is 3.51. The Morgan fingerprint density at radius 1 is 1.33 bits per heavy atom. The van der Waals surface area contributed by atoms with E-state index in [-0.39, 0.29) is 18.2 Å². The van der Waals surface area contributed by atoms with Gasteiger partial charge in [-0.2, -0.15) is 0 Å². The second-order valence-corrected chi connectivity index (χ2v) is 7.11. The van der Waals surface area contributed by atoms with Gasteiger partial charge in [-0.25, -0.2) is 9.59 Å². The lowest BCUT2D eigenvalue weighted by Crippen LogP contribution is -2.43. The van der Waals surface area contributed by atoms with Gasteiger partial charge < -0.3 is 24.4 Å². The van der Waals surface area contributed by atoms with Gasteiger partial charge in [0, 0.05) is 37.5 Å². The van der Waals surface area contributed by atoms with Gasteiger partial charge in [0.2, 0.25) is 0 Å². The molecule has 3 rings (SSSR count). The number of methoxy groups -OCH3 is 1. The molecule has 0 aromatic heterocycles. The minimum atomic E-state index is -0.448. The number of ether oxygens (including phenoxy) is 3. The van der Waals surface area contributed by atoms with Gasteiger partial charge in [0.1, 0.15) is 5.75 Å². The fourth-order valence-electron chi connectivity index (χ4n) is 3.40. The molecule has 2 aliphatic heterocycles. The van der Waals surface area contributed by atoms with Crippen molar-refractivity contribution in [3.8, 4) is 5.75 Å². The number of hydrogen-bond donors (Lipinski definition) is 1. The van der Waals surface area contributed by atoms with Crippen molar-refractivity contribution in [3.05, 3.63) is 23.3 Å². The summed E-state index contributed by atoms with van der Waals surface area (Å²) in [7, 11) is 1.35. The van der Waals surface area contributed by atoms with Crippen LogP contribution in [-0.4, -0.2) is 55.9 Å². The second-order valence-electron chi connectivity index (χ2n) is 7.11. The van der Waals surface area contributed by atoms with Gasteiger partial charge in [-0.3, -0.25) is 0 Å². The molecule has 2 saturated heterocycles. The van der Waals surface area contributed by atoms with E-state index in [0.29, 0.717) is 31.0 Å². The Morgan fingerprint density at radius 2 is 2.11 bits per heavy atom. The van der Waals surface area contributed by atoms with Crippen molar-refractivity contribution in [1.29, 1.82) is 0 Å². The molecule has 1 aromatic carbocycles. The van der Waals surface area contributed by atoms with Crippen LogP contribution in [0.25, 0.3) is 0 Å². The molecule has 1 N–H and O–H groups in total. The fourth-order valence-corrected chi connectivity index (χ4v) is 3.40. The molecule has 2 fully saturated rings. The standard InChI is InChI=1S/C20H28N2O5/c1-4-15-10-14(6-9-26-15)21-18-12-16(27-20(24)22-7-5-8-22)11-17(13(18)2)19(23)25-3/h11-12,14-15,21H,4-10H2,1-3H3. The predicted octanol–water partition coefficient (Wildman–Crippen LogP) is 3.36. The molecule has 1 amide bonds. The summed E-state index contributed by atoms with van der Waals surface area (Å²) in [6, 6.07) is 3.60. The van der Waals surface area contributed by atoms with E-state index in [1.807, 2.05) is 6.92 Å². The van der Waals surface area contributed by atoms with Crippen LogP contribution >= 0.6 is 0 Å². The number of hydrogen-bond acceptors (Lipinski definition) is 6. The van der Waals surface area contributed by atoms with Crippen LogP contribution in [0.4, 0.5) is 10.5 Å². The van der Waals surface area contributed by atoms with Gasteiger partial charge in [-0.05, 0) is 44.2 Å². The summed E-state index contributed by atoms with van der Waals surface area (Å²) in [4.78, 5) is 26.0. The normalized spacial score (nSPS) is 22.0. The molecule has 148 valence electrons. The van der Waals surface area contributed by atoms with Gasteiger partial charge in [0.05, 0.1) is 18.8 Å². The lowest BCUT2D eigenvalue weighted by molar-refractivity contribution is 0.00924. The monoisotopic (exact) mass is 376 g/mol. The van der Waals surface area contributed by atoms with Crippen LogP contribution in [0.1, 0.15) is 48.5 Å². The molecule has 7 nitrogen and oxygen atoms in total. The molecule has 0 saturated carbocycles. The van der Waals surface area contributed by atoms with Crippen LogP contribution in [-0.2, 0) is 9.47 Å². The molecule has 2 aliphatic rings. The van der Waals surface area contributed by atoms with E-state index in [2.05, 4.69) is 12.2 Å². The van der Waals surface area contributed by atoms with Crippen LogP contribution in [0.15, 0.2) is 12.1 Å². The smallest absolute Gasteiger partial charge is 0.415 e. The van der Waals surface area contributed by atoms with Crippen molar-refractivity contribution in [3.63, 3.8) is 0 Å². The quantitative estimate of drug-likeness (QED) is 0.794. The minimum absolute atomic E-state index is 0.240. The summed E-state index contributed by atoms with van der Waals surface area (Å²) in [6.45, 7) is 6.11. The van der Waals surface area contributed by atoms with Gasteiger partial charge in [0.25, 0.3) is 0 Å². The van der Waals surface area contributed by atoms with Crippen molar-refractivity contribution in [2.24, 2.45) is 0 Å². The highest BCUT2D eigenvalue weighted by Crippen LogP contribution is 2.30. The summed E-state index contributed by atoms with van der Waals surface area (Å²) in [5.41, 5.74) is 1.96. The first kappa shape index (κ1) is 19.5. The maximum absolute atomic E-state index is 12.2. The molecule has 0 aliphatic carbocycles. The number of carbonyl (C=O) groups excluding carboxylic acids is 2. The molecule has 2 atom stereocenters. The Hall–Kier alpha value is -2.28. The molecular weight excluding hydrogens is 348 g/mol. The van der Waals surface area contributed by atoms with E-state index >= 15 is 0 Å².